The van der Waals surface area contributed by atoms with Gasteiger partial charge in [0, 0.05) is 30.7 Å². The van der Waals surface area contributed by atoms with Gasteiger partial charge in [0.1, 0.15) is 0 Å². The van der Waals surface area contributed by atoms with Crippen LogP contribution in [0, 0.1) is 0 Å². The number of halogens is 2. The Morgan fingerprint density at radius 1 is 1.20 bits per heavy atom. The average molecular weight is 372 g/mol. The molecule has 1 aromatic rings. The van der Waals surface area contributed by atoms with Crippen LogP contribution >= 0.6 is 0 Å². The smallest absolute Gasteiger partial charge is 0.337 e. The zero-order valence-electron chi connectivity index (χ0n) is 14.0. The van der Waals surface area contributed by atoms with Crippen molar-refractivity contribution in [1.82, 2.24) is 10.2 Å². The van der Waals surface area contributed by atoms with E-state index in [0.29, 0.717) is 17.6 Å². The molecule has 1 amide bonds. The second-order valence-electron chi connectivity index (χ2n) is 6.94. The Balaban J connectivity index is 1.66. The Hall–Kier alpha value is -1.54. The van der Waals surface area contributed by atoms with Gasteiger partial charge >= 0.3 is 5.76 Å². The highest BCUT2D eigenvalue weighted by Crippen LogP contribution is 2.29. The average Bonchev–Trinajstić information content (AvgIpc) is 2.91. The third kappa shape index (κ3) is 4.00. The van der Waals surface area contributed by atoms with Crippen LogP contribution in [0.2, 0.25) is 0 Å². The number of carbonyl (C=O) groups excluding carboxylic acids is 1. The summed E-state index contributed by atoms with van der Waals surface area (Å²) in [5.41, 5.74) is 0.686. The Kier molecular flexibility index (Phi) is 5.11. The second-order valence-corrected chi connectivity index (χ2v) is 8.91. The van der Waals surface area contributed by atoms with Crippen molar-refractivity contribution >= 4 is 15.7 Å². The van der Waals surface area contributed by atoms with Gasteiger partial charge in [0.2, 0.25) is 9.84 Å². The number of nitrogens with zero attached hydrogens (tertiary/aromatic N) is 1. The number of sulfone groups is 1. The summed E-state index contributed by atoms with van der Waals surface area (Å²) in [7, 11) is -2.67. The third-order valence-corrected chi connectivity index (χ3v) is 6.44. The highest BCUT2D eigenvalue weighted by atomic mass is 32.2. The van der Waals surface area contributed by atoms with E-state index in [9.17, 15) is 22.0 Å². The van der Waals surface area contributed by atoms with Crippen LogP contribution in [0.1, 0.15) is 41.6 Å². The molecule has 8 heteroatoms. The number of rotatable bonds is 5. The van der Waals surface area contributed by atoms with Gasteiger partial charge < -0.3 is 10.2 Å². The minimum atomic E-state index is -4.46. The van der Waals surface area contributed by atoms with E-state index < -0.39 is 21.3 Å². The van der Waals surface area contributed by atoms with Crippen molar-refractivity contribution in [3.05, 3.63) is 35.4 Å². The summed E-state index contributed by atoms with van der Waals surface area (Å²) < 4.78 is 47.4. The normalized spacial score (nSPS) is 26.0. The van der Waals surface area contributed by atoms with Gasteiger partial charge in [-0.2, -0.15) is 8.78 Å². The van der Waals surface area contributed by atoms with Crippen LogP contribution in [-0.4, -0.2) is 50.2 Å². The van der Waals surface area contributed by atoms with Crippen molar-refractivity contribution in [1.29, 1.82) is 0 Å². The van der Waals surface area contributed by atoms with Crippen LogP contribution in [-0.2, 0) is 15.6 Å². The van der Waals surface area contributed by atoms with Gasteiger partial charge in [0.25, 0.3) is 5.91 Å². The molecule has 0 spiro atoms. The molecule has 2 fully saturated rings. The molecule has 0 saturated carbocycles. The topological polar surface area (TPSA) is 66.5 Å². The molecule has 0 radical (unpaired) electrons. The van der Waals surface area contributed by atoms with Gasteiger partial charge in [-0.3, -0.25) is 4.79 Å². The molecule has 2 unspecified atom stereocenters. The number of carbonyl (C=O) groups is 1. The summed E-state index contributed by atoms with van der Waals surface area (Å²) in [6.07, 6.45) is 4.17. The molecule has 3 rings (SSSR count). The van der Waals surface area contributed by atoms with Crippen molar-refractivity contribution < 1.29 is 22.0 Å². The maximum atomic E-state index is 12.6. The summed E-state index contributed by atoms with van der Waals surface area (Å²) in [6, 6.07) is 6.99. The second kappa shape index (κ2) is 6.99. The maximum absolute atomic E-state index is 12.6. The predicted molar refractivity (Wildman–Crippen MR) is 90.1 cm³/mol. The van der Waals surface area contributed by atoms with Crippen molar-refractivity contribution in [2.75, 3.05) is 7.05 Å². The van der Waals surface area contributed by atoms with E-state index >= 15 is 0 Å². The lowest BCUT2D eigenvalue weighted by Crippen LogP contribution is -2.48. The van der Waals surface area contributed by atoms with E-state index in [0.717, 1.165) is 25.7 Å². The Labute approximate surface area is 146 Å². The van der Waals surface area contributed by atoms with Gasteiger partial charge in [0.15, 0.2) is 0 Å². The lowest BCUT2D eigenvalue weighted by Gasteiger charge is -2.35. The summed E-state index contributed by atoms with van der Waals surface area (Å²) in [4.78, 5) is 14.4. The van der Waals surface area contributed by atoms with E-state index in [2.05, 4.69) is 5.32 Å². The van der Waals surface area contributed by atoms with Gasteiger partial charge in [-0.1, -0.05) is 12.1 Å². The largest absolute Gasteiger partial charge is 0.339 e. The lowest BCUT2D eigenvalue weighted by molar-refractivity contribution is 0.0681. The molecule has 1 N–H and O–H groups in total. The molecule has 2 bridgehead atoms. The maximum Gasteiger partial charge on any atom is 0.337 e. The number of benzene rings is 1. The molecule has 138 valence electrons. The van der Waals surface area contributed by atoms with Crippen LogP contribution < -0.4 is 5.32 Å². The quantitative estimate of drug-likeness (QED) is 0.860. The van der Waals surface area contributed by atoms with Gasteiger partial charge in [0.05, 0.1) is 5.75 Å². The summed E-state index contributed by atoms with van der Waals surface area (Å²) >= 11 is 0. The first-order valence-corrected chi connectivity index (χ1v) is 10.1. The molecule has 2 atom stereocenters. The molecule has 0 aromatic heterocycles. The lowest BCUT2D eigenvalue weighted by atomic mass is 9.98. The predicted octanol–water partition coefficient (Wildman–Crippen LogP) is 2.18. The van der Waals surface area contributed by atoms with Crippen LogP contribution in [0.5, 0.6) is 0 Å². The molecular formula is C17H22F2N2O3S. The zero-order valence-corrected chi connectivity index (χ0v) is 14.8. The number of hydrogen-bond donors (Lipinski definition) is 1. The SMILES string of the molecule is CN(C(=O)c1ccc(CS(=O)(=O)C(F)F)cc1)C1CC2CCC(C1)N2. The van der Waals surface area contributed by atoms with Crippen LogP contribution in [0.25, 0.3) is 0 Å². The molecule has 0 aliphatic carbocycles. The zero-order chi connectivity index (χ0) is 18.2. The number of alkyl halides is 2. The van der Waals surface area contributed by atoms with E-state index in [-0.39, 0.29) is 17.5 Å². The fourth-order valence-electron chi connectivity index (χ4n) is 3.75. The molecule has 1 aromatic carbocycles. The van der Waals surface area contributed by atoms with Crippen molar-refractivity contribution in [3.8, 4) is 0 Å². The molecule has 2 aliphatic heterocycles. The van der Waals surface area contributed by atoms with E-state index in [4.69, 9.17) is 0 Å². The highest BCUT2D eigenvalue weighted by molar-refractivity contribution is 7.90. The van der Waals surface area contributed by atoms with Crippen LogP contribution in [0.15, 0.2) is 24.3 Å². The van der Waals surface area contributed by atoms with Gasteiger partial charge in [-0.05, 0) is 43.4 Å². The van der Waals surface area contributed by atoms with Crippen molar-refractivity contribution in [2.45, 2.75) is 55.3 Å². The first-order chi connectivity index (χ1) is 11.8. The number of hydrogen-bond acceptors (Lipinski definition) is 4. The molecule has 2 saturated heterocycles. The van der Waals surface area contributed by atoms with Crippen molar-refractivity contribution in [3.63, 3.8) is 0 Å². The van der Waals surface area contributed by atoms with E-state index in [1.54, 1.807) is 11.9 Å². The molecule has 5 nitrogen and oxygen atoms in total. The van der Waals surface area contributed by atoms with E-state index in [1.165, 1.54) is 24.3 Å². The highest BCUT2D eigenvalue weighted by Gasteiger charge is 2.36. The first kappa shape index (κ1) is 18.3. The van der Waals surface area contributed by atoms with Gasteiger partial charge in [-0.15, -0.1) is 0 Å². The molecule has 2 heterocycles. The fraction of sp³-hybridized carbons (Fsp3) is 0.588. The fourth-order valence-corrected chi connectivity index (χ4v) is 4.53. The van der Waals surface area contributed by atoms with E-state index in [1.807, 2.05) is 0 Å². The number of piperidine rings is 1. The molecular weight excluding hydrogens is 350 g/mol. The number of nitrogens with one attached hydrogen (secondary N) is 1. The van der Waals surface area contributed by atoms with Crippen molar-refractivity contribution in [2.24, 2.45) is 0 Å². The Morgan fingerprint density at radius 3 is 2.28 bits per heavy atom. The monoisotopic (exact) mass is 372 g/mol. The standard InChI is InChI=1S/C17H22F2N2O3S/c1-21(15-8-13-6-7-14(9-15)20-13)16(22)12-4-2-11(3-5-12)10-25(23,24)17(18)19/h2-5,13-15,17,20H,6-10H2,1H3. The summed E-state index contributed by atoms with van der Waals surface area (Å²) in [6.45, 7) is 0. The Morgan fingerprint density at radius 2 is 1.76 bits per heavy atom. The third-order valence-electron chi connectivity index (χ3n) is 5.16. The van der Waals surface area contributed by atoms with Gasteiger partial charge in [-0.25, -0.2) is 8.42 Å². The van der Waals surface area contributed by atoms with Crippen LogP contribution in [0.4, 0.5) is 8.78 Å². The Bertz CT molecular complexity index is 725. The van der Waals surface area contributed by atoms with Crippen LogP contribution in [0.3, 0.4) is 0 Å². The number of amides is 1. The summed E-state index contributed by atoms with van der Waals surface area (Å²) in [5, 5.41) is 3.54. The first-order valence-electron chi connectivity index (χ1n) is 8.38. The number of fused-ring (bicyclic) bond motifs is 2. The molecule has 2 aliphatic rings. The minimum Gasteiger partial charge on any atom is -0.339 e. The minimum absolute atomic E-state index is 0.130. The molecule has 25 heavy (non-hydrogen) atoms. The summed E-state index contributed by atoms with van der Waals surface area (Å²) in [5.74, 6) is -4.25.